The smallest absolute Gasteiger partial charge is 0.255 e. The van der Waals surface area contributed by atoms with E-state index in [0.29, 0.717) is 35.9 Å². The Kier molecular flexibility index (Phi) is 5.60. The van der Waals surface area contributed by atoms with Crippen molar-refractivity contribution < 1.29 is 13.2 Å². The maximum absolute atomic E-state index is 12.9. The molecule has 0 spiro atoms. The molecule has 0 unspecified atom stereocenters. The van der Waals surface area contributed by atoms with Gasteiger partial charge in [-0.15, -0.1) is 5.10 Å². The first kappa shape index (κ1) is 20.2. The Labute approximate surface area is 174 Å². The average molecular weight is 427 g/mol. The monoisotopic (exact) mass is 426 g/mol. The number of nitrogens with one attached hydrogen (secondary N) is 1. The summed E-state index contributed by atoms with van der Waals surface area (Å²) in [5.41, 5.74) is 1.60. The van der Waals surface area contributed by atoms with Crippen LogP contribution in [0.3, 0.4) is 0 Å². The first-order valence-corrected chi connectivity index (χ1v) is 11.1. The van der Waals surface area contributed by atoms with Gasteiger partial charge in [-0.25, -0.2) is 13.1 Å². The second-order valence-corrected chi connectivity index (χ2v) is 9.33. The molecule has 156 valence electrons. The predicted octanol–water partition coefficient (Wildman–Crippen LogP) is 2.34. The van der Waals surface area contributed by atoms with Gasteiger partial charge < -0.3 is 5.32 Å². The van der Waals surface area contributed by atoms with Crippen LogP contribution in [0, 0.1) is 5.92 Å². The third-order valence-corrected chi connectivity index (χ3v) is 6.97. The molecule has 1 aliphatic rings. The summed E-state index contributed by atoms with van der Waals surface area (Å²) in [7, 11) is -3.52. The number of tetrazole rings is 1. The Morgan fingerprint density at radius 2 is 1.97 bits per heavy atom. The summed E-state index contributed by atoms with van der Waals surface area (Å²) in [5, 5.41) is 13.8. The van der Waals surface area contributed by atoms with Crippen LogP contribution in [-0.2, 0) is 10.0 Å². The van der Waals surface area contributed by atoms with Gasteiger partial charge in [-0.3, -0.25) is 4.79 Å². The molecule has 3 aromatic rings. The van der Waals surface area contributed by atoms with Crippen LogP contribution in [0.4, 0.5) is 5.69 Å². The number of anilines is 1. The third-order valence-electron chi connectivity index (χ3n) is 5.09. The fourth-order valence-corrected chi connectivity index (χ4v) is 5.09. The van der Waals surface area contributed by atoms with E-state index in [2.05, 4.69) is 27.8 Å². The second kappa shape index (κ2) is 8.33. The van der Waals surface area contributed by atoms with Crippen LogP contribution in [0.25, 0.3) is 5.69 Å². The van der Waals surface area contributed by atoms with E-state index in [0.717, 1.165) is 12.8 Å². The fraction of sp³-hybridized carbons (Fsp3) is 0.300. The van der Waals surface area contributed by atoms with E-state index in [1.54, 1.807) is 40.7 Å². The van der Waals surface area contributed by atoms with Crippen LogP contribution in [0.1, 0.15) is 30.1 Å². The normalized spacial score (nSPS) is 17.6. The number of sulfonamides is 1. The number of piperidine rings is 1. The van der Waals surface area contributed by atoms with Gasteiger partial charge >= 0.3 is 0 Å². The van der Waals surface area contributed by atoms with Gasteiger partial charge in [0.2, 0.25) is 10.0 Å². The van der Waals surface area contributed by atoms with Crippen molar-refractivity contribution in [1.29, 1.82) is 0 Å². The van der Waals surface area contributed by atoms with Crippen molar-refractivity contribution in [2.24, 2.45) is 5.92 Å². The molecule has 1 saturated heterocycles. The molecule has 2 heterocycles. The molecule has 1 N–H and O–H groups in total. The number of rotatable bonds is 5. The standard InChI is InChI=1S/C20H22N6O3S/c1-15-4-3-11-25(13-15)30(28,29)19-9-7-17(8-10-19)22-20(27)16-5-2-6-18(12-16)26-14-21-23-24-26/h2,5-10,12,14-15H,3-4,11,13H2,1H3,(H,22,27)/t15-/m1/s1. The number of hydrogen-bond donors (Lipinski definition) is 1. The lowest BCUT2D eigenvalue weighted by molar-refractivity contribution is 0.102. The quantitative estimate of drug-likeness (QED) is 0.671. The molecular formula is C20H22N6O3S. The largest absolute Gasteiger partial charge is 0.322 e. The number of carbonyl (C=O) groups excluding carboxylic acids is 1. The van der Waals surface area contributed by atoms with E-state index in [1.807, 2.05) is 0 Å². The number of aromatic nitrogens is 4. The topological polar surface area (TPSA) is 110 Å². The van der Waals surface area contributed by atoms with Crippen molar-refractivity contribution >= 4 is 21.6 Å². The number of amides is 1. The summed E-state index contributed by atoms with van der Waals surface area (Å²) in [4.78, 5) is 12.8. The highest BCUT2D eigenvalue weighted by Gasteiger charge is 2.28. The molecule has 0 aliphatic carbocycles. The maximum atomic E-state index is 12.9. The van der Waals surface area contributed by atoms with Gasteiger partial charge in [0, 0.05) is 24.3 Å². The summed E-state index contributed by atoms with van der Waals surface area (Å²) < 4.78 is 28.7. The minimum Gasteiger partial charge on any atom is -0.322 e. The second-order valence-electron chi connectivity index (χ2n) is 7.39. The van der Waals surface area contributed by atoms with Crippen molar-refractivity contribution in [2.75, 3.05) is 18.4 Å². The van der Waals surface area contributed by atoms with Crippen molar-refractivity contribution in [2.45, 2.75) is 24.7 Å². The maximum Gasteiger partial charge on any atom is 0.255 e. The highest BCUT2D eigenvalue weighted by Crippen LogP contribution is 2.24. The van der Waals surface area contributed by atoms with Crippen LogP contribution in [0.5, 0.6) is 0 Å². The first-order chi connectivity index (χ1) is 14.4. The third kappa shape index (κ3) is 4.24. The molecule has 1 aliphatic heterocycles. The molecule has 0 bridgehead atoms. The molecule has 10 heteroatoms. The van der Waals surface area contributed by atoms with Crippen molar-refractivity contribution in [1.82, 2.24) is 24.5 Å². The SMILES string of the molecule is C[C@@H]1CCCN(S(=O)(=O)c2ccc(NC(=O)c3cccc(-n4cnnn4)c3)cc2)C1. The van der Waals surface area contributed by atoms with Crippen molar-refractivity contribution in [3.8, 4) is 5.69 Å². The molecule has 0 saturated carbocycles. The molecule has 0 radical (unpaired) electrons. The van der Waals surface area contributed by atoms with Crippen LogP contribution in [-0.4, -0.2) is 51.9 Å². The molecule has 30 heavy (non-hydrogen) atoms. The van der Waals surface area contributed by atoms with E-state index in [-0.39, 0.29) is 10.8 Å². The van der Waals surface area contributed by atoms with Crippen LogP contribution < -0.4 is 5.32 Å². The minimum absolute atomic E-state index is 0.232. The molecule has 1 atom stereocenters. The fourth-order valence-electron chi connectivity index (χ4n) is 3.50. The molecule has 1 amide bonds. The van der Waals surface area contributed by atoms with Gasteiger partial charge in [-0.2, -0.15) is 4.31 Å². The highest BCUT2D eigenvalue weighted by atomic mass is 32.2. The lowest BCUT2D eigenvalue weighted by atomic mass is 10.0. The zero-order valence-electron chi connectivity index (χ0n) is 16.5. The van der Waals surface area contributed by atoms with Crippen LogP contribution >= 0.6 is 0 Å². The predicted molar refractivity (Wildman–Crippen MR) is 111 cm³/mol. The van der Waals surface area contributed by atoms with E-state index in [1.165, 1.54) is 23.1 Å². The Hall–Kier alpha value is -3.11. The van der Waals surface area contributed by atoms with Gasteiger partial charge in [0.1, 0.15) is 6.33 Å². The lowest BCUT2D eigenvalue weighted by Crippen LogP contribution is -2.39. The summed E-state index contributed by atoms with van der Waals surface area (Å²) in [6.07, 6.45) is 3.36. The Morgan fingerprint density at radius 3 is 2.67 bits per heavy atom. The van der Waals surface area contributed by atoms with E-state index < -0.39 is 10.0 Å². The average Bonchev–Trinajstić information content (AvgIpc) is 3.29. The van der Waals surface area contributed by atoms with E-state index in [9.17, 15) is 13.2 Å². The number of nitrogens with zero attached hydrogens (tertiary/aromatic N) is 5. The van der Waals surface area contributed by atoms with Crippen molar-refractivity contribution in [3.05, 3.63) is 60.4 Å². The van der Waals surface area contributed by atoms with Crippen LogP contribution in [0.15, 0.2) is 59.8 Å². The van der Waals surface area contributed by atoms with Gasteiger partial charge in [-0.1, -0.05) is 13.0 Å². The summed E-state index contributed by atoms with van der Waals surface area (Å²) >= 11 is 0. The molecule has 2 aromatic carbocycles. The van der Waals surface area contributed by atoms with Crippen LogP contribution in [0.2, 0.25) is 0 Å². The zero-order valence-corrected chi connectivity index (χ0v) is 17.3. The summed E-state index contributed by atoms with van der Waals surface area (Å²) in [6, 6.07) is 13.1. The summed E-state index contributed by atoms with van der Waals surface area (Å²) in [5.74, 6) is 0.0431. The Bertz CT molecular complexity index is 1130. The number of benzene rings is 2. The van der Waals surface area contributed by atoms with Gasteiger partial charge in [0.25, 0.3) is 5.91 Å². The molecule has 1 fully saturated rings. The minimum atomic E-state index is -3.52. The van der Waals surface area contributed by atoms with Gasteiger partial charge in [0.15, 0.2) is 0 Å². The van der Waals surface area contributed by atoms with Crippen molar-refractivity contribution in [3.63, 3.8) is 0 Å². The molecular weight excluding hydrogens is 404 g/mol. The highest BCUT2D eigenvalue weighted by molar-refractivity contribution is 7.89. The lowest BCUT2D eigenvalue weighted by Gasteiger charge is -2.30. The Balaban J connectivity index is 1.47. The zero-order chi connectivity index (χ0) is 21.1. The first-order valence-electron chi connectivity index (χ1n) is 9.68. The molecule has 1 aromatic heterocycles. The summed E-state index contributed by atoms with van der Waals surface area (Å²) in [6.45, 7) is 3.15. The number of carbonyl (C=O) groups is 1. The van der Waals surface area contributed by atoms with E-state index >= 15 is 0 Å². The number of hydrogen-bond acceptors (Lipinski definition) is 6. The molecule has 9 nitrogen and oxygen atoms in total. The van der Waals surface area contributed by atoms with E-state index in [4.69, 9.17) is 0 Å². The van der Waals surface area contributed by atoms with Gasteiger partial charge in [0.05, 0.1) is 10.6 Å². The molecule has 4 rings (SSSR count). The van der Waals surface area contributed by atoms with Gasteiger partial charge in [-0.05, 0) is 71.7 Å². The Morgan fingerprint density at radius 1 is 1.17 bits per heavy atom.